The SMILES string of the molecule is O=C(CSc1nnc(-c2ccccc2O)s1)Nc1nc2ccc([N+](=O)[O-])cc2[nH]1. The molecular formula is C17H12N6O4S2. The van der Waals surface area contributed by atoms with E-state index in [1.807, 2.05) is 0 Å². The molecule has 0 spiro atoms. The number of thioether (sulfide) groups is 1. The van der Waals surface area contributed by atoms with Crippen molar-refractivity contribution in [1.82, 2.24) is 20.2 Å². The molecule has 1 amide bonds. The highest BCUT2D eigenvalue weighted by Crippen LogP contribution is 2.34. The molecule has 10 nitrogen and oxygen atoms in total. The number of aromatic hydroxyl groups is 1. The summed E-state index contributed by atoms with van der Waals surface area (Å²) in [6.45, 7) is 0. The van der Waals surface area contributed by atoms with Crippen LogP contribution in [0.5, 0.6) is 5.75 Å². The second kappa shape index (κ2) is 7.85. The molecule has 0 atom stereocenters. The number of nitrogens with zero attached hydrogens (tertiary/aromatic N) is 4. The van der Waals surface area contributed by atoms with Gasteiger partial charge in [-0.05, 0) is 18.2 Å². The summed E-state index contributed by atoms with van der Waals surface area (Å²) in [6, 6.07) is 11.0. The van der Waals surface area contributed by atoms with Gasteiger partial charge < -0.3 is 10.1 Å². The van der Waals surface area contributed by atoms with Gasteiger partial charge in [-0.2, -0.15) is 0 Å². The molecule has 29 heavy (non-hydrogen) atoms. The van der Waals surface area contributed by atoms with Gasteiger partial charge in [-0.25, -0.2) is 4.98 Å². The van der Waals surface area contributed by atoms with Crippen molar-refractivity contribution in [3.8, 4) is 16.3 Å². The van der Waals surface area contributed by atoms with Crippen molar-refractivity contribution < 1.29 is 14.8 Å². The summed E-state index contributed by atoms with van der Waals surface area (Å²) < 4.78 is 0.582. The Balaban J connectivity index is 1.39. The lowest BCUT2D eigenvalue weighted by atomic mass is 10.2. The molecule has 2 aromatic carbocycles. The number of H-pyrrole nitrogens is 1. The lowest BCUT2D eigenvalue weighted by molar-refractivity contribution is -0.384. The number of anilines is 1. The van der Waals surface area contributed by atoms with Gasteiger partial charge in [0.1, 0.15) is 5.75 Å². The van der Waals surface area contributed by atoms with E-state index in [2.05, 4.69) is 25.5 Å². The highest BCUT2D eigenvalue weighted by atomic mass is 32.2. The number of hydrogen-bond acceptors (Lipinski definition) is 9. The standard InChI is InChI=1S/C17H12N6O4S2/c24-13-4-2-1-3-10(13)15-21-22-17(29-15)28-8-14(25)20-16-18-11-6-5-9(23(26)27)7-12(11)19-16/h1-7,24H,8H2,(H2,18,19,20,25). The molecule has 12 heteroatoms. The fraction of sp³-hybridized carbons (Fsp3) is 0.0588. The van der Waals surface area contributed by atoms with Gasteiger partial charge in [0.25, 0.3) is 5.69 Å². The number of amides is 1. The molecule has 0 fully saturated rings. The molecule has 0 radical (unpaired) electrons. The maximum absolute atomic E-state index is 12.2. The van der Waals surface area contributed by atoms with E-state index in [9.17, 15) is 20.0 Å². The van der Waals surface area contributed by atoms with E-state index in [1.165, 1.54) is 41.3 Å². The number of aromatic nitrogens is 4. The van der Waals surface area contributed by atoms with Crippen molar-refractivity contribution in [3.05, 3.63) is 52.6 Å². The second-order valence-electron chi connectivity index (χ2n) is 5.77. The lowest BCUT2D eigenvalue weighted by Crippen LogP contribution is -2.14. The number of carbonyl (C=O) groups is 1. The smallest absolute Gasteiger partial charge is 0.271 e. The van der Waals surface area contributed by atoms with Crippen LogP contribution in [0.25, 0.3) is 21.6 Å². The van der Waals surface area contributed by atoms with E-state index in [0.717, 1.165) is 0 Å². The van der Waals surface area contributed by atoms with Crippen molar-refractivity contribution in [1.29, 1.82) is 0 Å². The van der Waals surface area contributed by atoms with Gasteiger partial charge in [0, 0.05) is 12.1 Å². The third-order valence-corrected chi connectivity index (χ3v) is 5.89. The highest BCUT2D eigenvalue weighted by molar-refractivity contribution is 8.01. The first-order valence-electron chi connectivity index (χ1n) is 8.18. The van der Waals surface area contributed by atoms with Crippen molar-refractivity contribution >= 4 is 51.7 Å². The highest BCUT2D eigenvalue weighted by Gasteiger charge is 2.14. The first kappa shape index (κ1) is 18.8. The normalized spacial score (nSPS) is 10.9. The second-order valence-corrected chi connectivity index (χ2v) is 7.97. The van der Waals surface area contributed by atoms with Crippen LogP contribution in [0, 0.1) is 10.1 Å². The number of fused-ring (bicyclic) bond motifs is 1. The largest absolute Gasteiger partial charge is 0.507 e. The van der Waals surface area contributed by atoms with Crippen molar-refractivity contribution in [2.75, 3.05) is 11.1 Å². The summed E-state index contributed by atoms with van der Waals surface area (Å²) in [5, 5.41) is 32.0. The fourth-order valence-corrected chi connectivity index (χ4v) is 4.18. The van der Waals surface area contributed by atoms with Gasteiger partial charge in [-0.1, -0.05) is 35.2 Å². The van der Waals surface area contributed by atoms with Crippen LogP contribution >= 0.6 is 23.1 Å². The van der Waals surface area contributed by atoms with Gasteiger partial charge in [0.05, 0.1) is 27.3 Å². The number of hydrogen-bond donors (Lipinski definition) is 3. The number of phenolic OH excluding ortho intramolecular Hbond substituents is 1. The number of aromatic amines is 1. The van der Waals surface area contributed by atoms with E-state index < -0.39 is 4.92 Å². The number of benzene rings is 2. The Kier molecular flexibility index (Phi) is 5.10. The molecule has 146 valence electrons. The third-order valence-electron chi connectivity index (χ3n) is 3.80. The van der Waals surface area contributed by atoms with Crippen LogP contribution in [0.3, 0.4) is 0 Å². The van der Waals surface area contributed by atoms with E-state index in [4.69, 9.17) is 0 Å². The van der Waals surface area contributed by atoms with Crippen LogP contribution in [0.1, 0.15) is 0 Å². The minimum atomic E-state index is -0.499. The Labute approximate surface area is 171 Å². The van der Waals surface area contributed by atoms with E-state index in [0.29, 0.717) is 25.9 Å². The zero-order valence-corrected chi connectivity index (χ0v) is 16.2. The average molecular weight is 428 g/mol. The Hall–Kier alpha value is -3.51. The number of non-ortho nitro benzene ring substituents is 1. The van der Waals surface area contributed by atoms with E-state index in [1.54, 1.807) is 24.3 Å². The molecule has 0 aliphatic carbocycles. The van der Waals surface area contributed by atoms with Crippen LogP contribution in [0.4, 0.5) is 11.6 Å². The maximum atomic E-state index is 12.2. The van der Waals surface area contributed by atoms with Crippen LogP contribution in [0.2, 0.25) is 0 Å². The lowest BCUT2D eigenvalue weighted by Gasteiger charge is -1.99. The minimum absolute atomic E-state index is 0.0638. The number of para-hydroxylation sites is 1. The van der Waals surface area contributed by atoms with E-state index >= 15 is 0 Å². The molecule has 0 aliphatic heterocycles. The van der Waals surface area contributed by atoms with Gasteiger partial charge in [0.15, 0.2) is 9.35 Å². The molecule has 0 aliphatic rings. The van der Waals surface area contributed by atoms with Crippen molar-refractivity contribution in [3.63, 3.8) is 0 Å². The Morgan fingerprint density at radius 2 is 2.10 bits per heavy atom. The number of rotatable bonds is 6. The number of nitrogens with one attached hydrogen (secondary N) is 2. The van der Waals surface area contributed by atoms with Crippen molar-refractivity contribution in [2.24, 2.45) is 0 Å². The van der Waals surface area contributed by atoms with Gasteiger partial charge in [-0.3, -0.25) is 20.2 Å². The molecule has 3 N–H and O–H groups in total. The Morgan fingerprint density at radius 3 is 2.90 bits per heavy atom. The molecule has 0 saturated heterocycles. The molecule has 0 unspecified atom stereocenters. The zero-order chi connectivity index (χ0) is 20.4. The predicted octanol–water partition coefficient (Wildman–Crippen LogP) is 3.43. The number of nitro benzene ring substituents is 1. The molecule has 4 aromatic rings. The van der Waals surface area contributed by atoms with Gasteiger partial charge in [0.2, 0.25) is 11.9 Å². The molecule has 2 aromatic heterocycles. The first-order chi connectivity index (χ1) is 14.0. The topological polar surface area (TPSA) is 147 Å². The van der Waals surface area contributed by atoms with Crippen LogP contribution in [-0.4, -0.2) is 41.9 Å². The summed E-state index contributed by atoms with van der Waals surface area (Å²) in [7, 11) is 0. The minimum Gasteiger partial charge on any atom is -0.507 e. The molecule has 0 saturated carbocycles. The fourth-order valence-electron chi connectivity index (χ4n) is 2.50. The Morgan fingerprint density at radius 1 is 1.28 bits per heavy atom. The number of phenols is 1. The van der Waals surface area contributed by atoms with Crippen LogP contribution < -0.4 is 5.32 Å². The summed E-state index contributed by atoms with van der Waals surface area (Å²) in [5.74, 6) is 0.0799. The Bertz CT molecular complexity index is 1220. The predicted molar refractivity (Wildman–Crippen MR) is 109 cm³/mol. The summed E-state index contributed by atoms with van der Waals surface area (Å²) >= 11 is 2.47. The monoisotopic (exact) mass is 428 g/mol. The first-order valence-corrected chi connectivity index (χ1v) is 9.98. The molecule has 4 rings (SSSR count). The zero-order valence-electron chi connectivity index (χ0n) is 14.5. The summed E-state index contributed by atoms with van der Waals surface area (Å²) in [4.78, 5) is 29.6. The third kappa shape index (κ3) is 4.17. The molecular weight excluding hydrogens is 416 g/mol. The van der Waals surface area contributed by atoms with E-state index in [-0.39, 0.29) is 29.0 Å². The van der Waals surface area contributed by atoms with Gasteiger partial charge in [-0.15, -0.1) is 10.2 Å². The average Bonchev–Trinajstić information content (AvgIpc) is 3.32. The van der Waals surface area contributed by atoms with Crippen LogP contribution in [-0.2, 0) is 4.79 Å². The van der Waals surface area contributed by atoms with Crippen LogP contribution in [0.15, 0.2) is 46.8 Å². The summed E-state index contributed by atoms with van der Waals surface area (Å²) in [5.41, 5.74) is 1.48. The number of carbonyl (C=O) groups excluding carboxylic acids is 1. The molecule has 0 bridgehead atoms. The van der Waals surface area contributed by atoms with Crippen molar-refractivity contribution in [2.45, 2.75) is 4.34 Å². The molecule has 2 heterocycles. The van der Waals surface area contributed by atoms with Gasteiger partial charge >= 0.3 is 0 Å². The maximum Gasteiger partial charge on any atom is 0.271 e. The summed E-state index contributed by atoms with van der Waals surface area (Å²) in [6.07, 6.45) is 0. The number of nitro groups is 1. The number of imidazole rings is 1. The quantitative estimate of drug-likeness (QED) is 0.240.